The van der Waals surface area contributed by atoms with E-state index >= 15 is 0 Å². The molecule has 2 aromatic rings. The van der Waals surface area contributed by atoms with E-state index in [0.717, 1.165) is 0 Å². The fourth-order valence-corrected chi connectivity index (χ4v) is 2.42. The quantitative estimate of drug-likeness (QED) is 0.641. The molecule has 2 amide bonds. The Morgan fingerprint density at radius 1 is 1.14 bits per heavy atom. The molecule has 8 heteroatoms. The summed E-state index contributed by atoms with van der Waals surface area (Å²) >= 11 is 0. The number of hydrogen-bond donors (Lipinski definition) is 3. The van der Waals surface area contributed by atoms with Crippen LogP contribution in [-0.4, -0.2) is 30.7 Å². The number of rotatable bonds is 6. The minimum absolute atomic E-state index is 0.0697. The van der Waals surface area contributed by atoms with Crippen LogP contribution < -0.4 is 16.0 Å². The van der Waals surface area contributed by atoms with Gasteiger partial charge in [-0.2, -0.15) is 5.26 Å². The summed E-state index contributed by atoms with van der Waals surface area (Å²) in [7, 11) is 0. The molecule has 0 unspecified atom stereocenters. The van der Waals surface area contributed by atoms with Crippen LogP contribution in [0.3, 0.4) is 0 Å². The van der Waals surface area contributed by atoms with Crippen LogP contribution in [0.5, 0.6) is 0 Å². The van der Waals surface area contributed by atoms with Crippen molar-refractivity contribution in [2.75, 3.05) is 23.7 Å². The fraction of sp³-hybridized carbons (Fsp3) is 0.286. The van der Waals surface area contributed by atoms with E-state index in [1.54, 1.807) is 51.1 Å². The number of nitrogens with zero attached hydrogens (tertiary/aromatic N) is 1. The van der Waals surface area contributed by atoms with E-state index in [0.29, 0.717) is 23.5 Å². The third-order valence-electron chi connectivity index (χ3n) is 3.62. The van der Waals surface area contributed by atoms with Gasteiger partial charge in [0, 0.05) is 24.3 Å². The first kappa shape index (κ1) is 21.7. The molecule has 7 nitrogen and oxygen atoms in total. The Labute approximate surface area is 168 Å². The van der Waals surface area contributed by atoms with Gasteiger partial charge in [-0.1, -0.05) is 12.1 Å². The second-order valence-corrected chi connectivity index (χ2v) is 7.16. The number of anilines is 2. The second kappa shape index (κ2) is 9.55. The summed E-state index contributed by atoms with van der Waals surface area (Å²) in [4.78, 5) is 24.1. The zero-order chi connectivity index (χ0) is 21.4. The van der Waals surface area contributed by atoms with Gasteiger partial charge in [0.05, 0.1) is 5.69 Å². The van der Waals surface area contributed by atoms with E-state index in [2.05, 4.69) is 16.0 Å². The number of nitriles is 1. The third kappa shape index (κ3) is 6.81. The molecular weight excluding hydrogens is 375 g/mol. The Bertz CT molecular complexity index is 932. The zero-order valence-corrected chi connectivity index (χ0v) is 16.5. The summed E-state index contributed by atoms with van der Waals surface area (Å²) < 4.78 is 18.7. The lowest BCUT2D eigenvalue weighted by molar-refractivity contribution is 0.0635. The Kier molecular flexibility index (Phi) is 7.15. The average molecular weight is 398 g/mol. The Balaban J connectivity index is 1.88. The molecule has 3 N–H and O–H groups in total. The molecule has 0 aliphatic rings. The Hall–Kier alpha value is -3.60. The van der Waals surface area contributed by atoms with E-state index in [-0.39, 0.29) is 18.0 Å². The van der Waals surface area contributed by atoms with E-state index < -0.39 is 17.5 Å². The number of benzene rings is 2. The maximum atomic E-state index is 13.6. The molecule has 0 aliphatic heterocycles. The highest BCUT2D eigenvalue weighted by Crippen LogP contribution is 2.17. The average Bonchev–Trinajstić information content (AvgIpc) is 2.63. The van der Waals surface area contributed by atoms with E-state index in [4.69, 9.17) is 10.00 Å². The second-order valence-electron chi connectivity index (χ2n) is 7.16. The van der Waals surface area contributed by atoms with Crippen LogP contribution in [0.1, 0.15) is 36.7 Å². The van der Waals surface area contributed by atoms with Crippen molar-refractivity contribution in [1.82, 2.24) is 5.32 Å². The van der Waals surface area contributed by atoms with Gasteiger partial charge in [0.2, 0.25) is 0 Å². The van der Waals surface area contributed by atoms with Gasteiger partial charge < -0.3 is 15.4 Å². The molecule has 0 saturated heterocycles. The molecule has 29 heavy (non-hydrogen) atoms. The molecule has 2 aromatic carbocycles. The number of carbonyl (C=O) groups is 2. The summed E-state index contributed by atoms with van der Waals surface area (Å²) in [5.74, 6) is -0.935. The first-order valence-corrected chi connectivity index (χ1v) is 9.00. The number of ether oxygens (including phenoxy) is 1. The summed E-state index contributed by atoms with van der Waals surface area (Å²) in [6.45, 7) is 5.83. The summed E-state index contributed by atoms with van der Waals surface area (Å²) in [5, 5.41) is 17.2. The van der Waals surface area contributed by atoms with Gasteiger partial charge in [-0.25, -0.2) is 9.18 Å². The highest BCUT2D eigenvalue weighted by atomic mass is 19.1. The van der Waals surface area contributed by atoms with Gasteiger partial charge >= 0.3 is 6.09 Å². The van der Waals surface area contributed by atoms with Gasteiger partial charge in [-0.3, -0.25) is 10.1 Å². The van der Waals surface area contributed by atoms with Crippen molar-refractivity contribution in [1.29, 1.82) is 5.26 Å². The molecule has 0 saturated carbocycles. The van der Waals surface area contributed by atoms with E-state index in [1.807, 2.05) is 0 Å². The molecule has 0 aromatic heterocycles. The first-order chi connectivity index (χ1) is 13.7. The predicted octanol–water partition coefficient (Wildman–Crippen LogP) is 3.89. The molecule has 0 aliphatic carbocycles. The molecule has 0 bridgehead atoms. The number of nitrogens with one attached hydrogen (secondary N) is 3. The largest absolute Gasteiger partial charge is 0.444 e. The number of halogens is 1. The normalized spacial score (nSPS) is 10.6. The highest BCUT2D eigenvalue weighted by molar-refractivity contribution is 5.96. The maximum Gasteiger partial charge on any atom is 0.412 e. The van der Waals surface area contributed by atoms with Crippen molar-refractivity contribution in [3.63, 3.8) is 0 Å². The molecule has 0 spiro atoms. The SMILES string of the molecule is CC(C)(C)OC(=O)Nc1cccc(C(=O)NCCNc2cccc(F)c2C#N)c1. The standard InChI is InChI=1S/C21H23FN4O3/c1-21(2,3)29-20(28)26-15-7-4-6-14(12-15)19(27)25-11-10-24-18-9-5-8-17(22)16(18)13-23/h4-9,12,24H,10-11H2,1-3H3,(H,25,27)(H,26,28). The summed E-state index contributed by atoms with van der Waals surface area (Å²) in [6, 6.07) is 12.6. The van der Waals surface area contributed by atoms with E-state index in [1.165, 1.54) is 18.2 Å². The molecule has 0 radical (unpaired) electrons. The van der Waals surface area contributed by atoms with Crippen LogP contribution in [0.2, 0.25) is 0 Å². The fourth-order valence-electron chi connectivity index (χ4n) is 2.42. The molecule has 0 atom stereocenters. The first-order valence-electron chi connectivity index (χ1n) is 9.00. The van der Waals surface area contributed by atoms with Crippen LogP contribution >= 0.6 is 0 Å². The van der Waals surface area contributed by atoms with Crippen molar-refractivity contribution >= 4 is 23.4 Å². The van der Waals surface area contributed by atoms with Gasteiger partial charge in [0.1, 0.15) is 23.1 Å². The Morgan fingerprint density at radius 2 is 1.86 bits per heavy atom. The maximum absolute atomic E-state index is 13.6. The predicted molar refractivity (Wildman–Crippen MR) is 108 cm³/mol. The lowest BCUT2D eigenvalue weighted by Gasteiger charge is -2.19. The number of carbonyl (C=O) groups excluding carboxylic acids is 2. The summed E-state index contributed by atoms with van der Waals surface area (Å²) in [6.07, 6.45) is -0.609. The molecule has 2 rings (SSSR count). The minimum atomic E-state index is -0.626. The summed E-state index contributed by atoms with van der Waals surface area (Å²) in [5.41, 5.74) is 0.467. The zero-order valence-electron chi connectivity index (χ0n) is 16.5. The number of hydrogen-bond acceptors (Lipinski definition) is 5. The van der Waals surface area contributed by atoms with Gasteiger partial charge in [0.25, 0.3) is 5.91 Å². The van der Waals surface area contributed by atoms with Crippen LogP contribution in [0.25, 0.3) is 0 Å². The molecule has 0 heterocycles. The van der Waals surface area contributed by atoms with Gasteiger partial charge in [-0.05, 0) is 51.1 Å². The smallest absolute Gasteiger partial charge is 0.412 e. The van der Waals surface area contributed by atoms with Crippen molar-refractivity contribution in [3.05, 3.63) is 59.4 Å². The van der Waals surface area contributed by atoms with Crippen LogP contribution in [0.15, 0.2) is 42.5 Å². The van der Waals surface area contributed by atoms with Crippen LogP contribution in [0.4, 0.5) is 20.6 Å². The van der Waals surface area contributed by atoms with Crippen LogP contribution in [0, 0.1) is 17.1 Å². The highest BCUT2D eigenvalue weighted by Gasteiger charge is 2.16. The van der Waals surface area contributed by atoms with Crippen molar-refractivity contribution in [3.8, 4) is 6.07 Å². The lowest BCUT2D eigenvalue weighted by atomic mass is 10.2. The lowest BCUT2D eigenvalue weighted by Crippen LogP contribution is -2.29. The monoisotopic (exact) mass is 398 g/mol. The number of amides is 2. The van der Waals surface area contributed by atoms with Crippen molar-refractivity contribution < 1.29 is 18.7 Å². The van der Waals surface area contributed by atoms with Gasteiger partial charge in [0.15, 0.2) is 0 Å². The minimum Gasteiger partial charge on any atom is -0.444 e. The molecule has 152 valence electrons. The van der Waals surface area contributed by atoms with Crippen molar-refractivity contribution in [2.24, 2.45) is 0 Å². The molecule has 0 fully saturated rings. The van der Waals surface area contributed by atoms with Crippen molar-refractivity contribution in [2.45, 2.75) is 26.4 Å². The molecular formula is C21H23FN4O3. The van der Waals surface area contributed by atoms with Crippen LogP contribution in [-0.2, 0) is 4.74 Å². The van der Waals surface area contributed by atoms with Gasteiger partial charge in [-0.15, -0.1) is 0 Å². The Morgan fingerprint density at radius 3 is 2.55 bits per heavy atom. The van der Waals surface area contributed by atoms with E-state index in [9.17, 15) is 14.0 Å². The topological polar surface area (TPSA) is 103 Å². The third-order valence-corrected chi connectivity index (χ3v) is 3.62.